The Balaban J connectivity index is 2.20. The quantitative estimate of drug-likeness (QED) is 0.582. The van der Waals surface area contributed by atoms with Crippen LogP contribution >= 0.6 is 0 Å². The molecule has 0 aromatic heterocycles. The number of hydrogen-bond donors (Lipinski definition) is 3. The molecule has 1 aromatic carbocycles. The lowest BCUT2D eigenvalue weighted by Gasteiger charge is -2.29. The third-order valence-corrected chi connectivity index (χ3v) is 4.35. The highest BCUT2D eigenvalue weighted by Crippen LogP contribution is 2.18. The number of hydrogen-bond acceptors (Lipinski definition) is 4. The Hall–Kier alpha value is -2.61. The average molecular weight is 380 g/mol. The molecule has 2 rings (SSSR count). The number of amides is 2. The van der Waals surface area contributed by atoms with Gasteiger partial charge in [-0.15, -0.1) is 0 Å². The van der Waals surface area contributed by atoms with Gasteiger partial charge in [-0.25, -0.2) is 14.0 Å². The van der Waals surface area contributed by atoms with Crippen molar-refractivity contribution in [3.8, 4) is 5.75 Å². The van der Waals surface area contributed by atoms with E-state index >= 15 is 0 Å². The lowest BCUT2D eigenvalue weighted by atomic mass is 10.00. The fourth-order valence-electron chi connectivity index (χ4n) is 3.13. The van der Waals surface area contributed by atoms with Crippen LogP contribution in [0.15, 0.2) is 29.5 Å². The molecule has 0 radical (unpaired) electrons. The Morgan fingerprint density at radius 1 is 1.30 bits per heavy atom. The summed E-state index contributed by atoms with van der Waals surface area (Å²) in [6.07, 6.45) is 0.577. The summed E-state index contributed by atoms with van der Waals surface area (Å²) in [7, 11) is 3.33. The molecule has 0 bridgehead atoms. The minimum atomic E-state index is -0.435. The van der Waals surface area contributed by atoms with Crippen molar-refractivity contribution in [1.82, 2.24) is 10.6 Å². The normalized spacial score (nSPS) is 17.8. The zero-order valence-corrected chi connectivity index (χ0v) is 16.1. The van der Waals surface area contributed by atoms with Crippen LogP contribution in [0.25, 0.3) is 0 Å². The molecule has 0 fully saturated rings. The highest BCUT2D eigenvalue weighted by atomic mass is 19.1. The van der Waals surface area contributed by atoms with Crippen LogP contribution in [0.3, 0.4) is 0 Å². The number of halogens is 1. The van der Waals surface area contributed by atoms with E-state index in [-0.39, 0.29) is 24.4 Å². The molecule has 2 atom stereocenters. The number of methoxy groups -OCH3 is 1. The molecule has 3 N–H and O–H groups in total. The number of quaternary nitrogens is 1. The summed E-state index contributed by atoms with van der Waals surface area (Å²) in [5, 5.41) is 5.48. The monoisotopic (exact) mass is 380 g/mol. The predicted molar refractivity (Wildman–Crippen MR) is 97.8 cm³/mol. The zero-order valence-electron chi connectivity index (χ0n) is 16.1. The highest BCUT2D eigenvalue weighted by molar-refractivity contribution is 5.94. The molecular weight excluding hydrogens is 353 g/mol. The van der Waals surface area contributed by atoms with Gasteiger partial charge >= 0.3 is 12.0 Å². The van der Waals surface area contributed by atoms with Crippen LogP contribution in [0, 0.1) is 5.82 Å². The summed E-state index contributed by atoms with van der Waals surface area (Å²) in [6, 6.07) is 4.08. The number of ether oxygens (including phenoxy) is 2. The number of carbonyl (C=O) groups is 2. The molecule has 8 heteroatoms. The molecule has 1 heterocycles. The number of carbonyl (C=O) groups excluding carboxylic acids is 2. The van der Waals surface area contributed by atoms with Crippen molar-refractivity contribution in [2.75, 3.05) is 27.3 Å². The van der Waals surface area contributed by atoms with Crippen LogP contribution in [0.4, 0.5) is 9.18 Å². The number of esters is 1. The molecule has 1 aromatic rings. The maximum atomic E-state index is 13.9. The molecule has 1 aliphatic rings. The van der Waals surface area contributed by atoms with Gasteiger partial charge in [0.25, 0.3) is 0 Å². The molecule has 0 spiro atoms. The van der Waals surface area contributed by atoms with Gasteiger partial charge in [0.2, 0.25) is 0 Å². The zero-order chi connectivity index (χ0) is 20.0. The van der Waals surface area contributed by atoms with Crippen molar-refractivity contribution in [2.24, 2.45) is 0 Å². The molecule has 2 amide bonds. The second kappa shape index (κ2) is 9.36. The van der Waals surface area contributed by atoms with Gasteiger partial charge < -0.3 is 25.0 Å². The van der Waals surface area contributed by atoms with E-state index in [1.807, 2.05) is 14.0 Å². The van der Waals surface area contributed by atoms with Crippen LogP contribution in [-0.2, 0) is 16.1 Å². The first-order valence-electron chi connectivity index (χ1n) is 9.00. The molecule has 148 valence electrons. The lowest BCUT2D eigenvalue weighted by molar-refractivity contribution is -0.889. The van der Waals surface area contributed by atoms with Crippen LogP contribution < -0.4 is 20.3 Å². The Bertz CT molecular complexity index is 736. The number of rotatable bonds is 8. The van der Waals surface area contributed by atoms with E-state index in [1.54, 1.807) is 19.1 Å². The van der Waals surface area contributed by atoms with E-state index in [2.05, 4.69) is 10.6 Å². The first-order valence-corrected chi connectivity index (χ1v) is 9.00. The molecule has 1 aliphatic heterocycles. The van der Waals surface area contributed by atoms with Gasteiger partial charge in [-0.2, -0.15) is 0 Å². The van der Waals surface area contributed by atoms with Crippen molar-refractivity contribution >= 4 is 12.0 Å². The fourth-order valence-corrected chi connectivity index (χ4v) is 3.13. The third-order valence-electron chi connectivity index (χ3n) is 4.35. The van der Waals surface area contributed by atoms with Crippen LogP contribution in [0.1, 0.15) is 25.8 Å². The first kappa shape index (κ1) is 20.7. The molecule has 1 unspecified atom stereocenters. The Kier molecular flexibility index (Phi) is 7.18. The van der Waals surface area contributed by atoms with Crippen molar-refractivity contribution in [1.29, 1.82) is 0 Å². The van der Waals surface area contributed by atoms with Crippen LogP contribution in [-0.4, -0.2) is 45.4 Å². The lowest BCUT2D eigenvalue weighted by Crippen LogP contribution is -3.08. The summed E-state index contributed by atoms with van der Waals surface area (Å²) in [5.41, 5.74) is 1.77. The van der Waals surface area contributed by atoms with Crippen molar-refractivity contribution in [3.05, 3.63) is 40.8 Å². The van der Waals surface area contributed by atoms with Crippen molar-refractivity contribution in [2.45, 2.75) is 32.9 Å². The van der Waals surface area contributed by atoms with Crippen LogP contribution in [0.2, 0.25) is 0 Å². The molecule has 7 nitrogen and oxygen atoms in total. The number of benzene rings is 1. The molecule has 0 aliphatic carbocycles. The number of nitrogens with one attached hydrogen (secondary N) is 3. The van der Waals surface area contributed by atoms with Gasteiger partial charge in [0.05, 0.1) is 38.1 Å². The summed E-state index contributed by atoms with van der Waals surface area (Å²) < 4.78 is 24.0. The fraction of sp³-hybridized carbons (Fsp3) is 0.474. The largest absolute Gasteiger partial charge is 0.494 e. The maximum absolute atomic E-state index is 13.9. The Morgan fingerprint density at radius 3 is 2.63 bits per heavy atom. The number of likely N-dealkylation sites (N-methyl/N-ethyl adjacent to an activating group) is 1. The first-order chi connectivity index (χ1) is 12.9. The van der Waals surface area contributed by atoms with Gasteiger partial charge in [0, 0.05) is 5.56 Å². The van der Waals surface area contributed by atoms with Gasteiger partial charge in [-0.1, -0.05) is 6.92 Å². The summed E-state index contributed by atoms with van der Waals surface area (Å²) in [5.74, 6) is -0.661. The van der Waals surface area contributed by atoms with Gasteiger partial charge in [0.1, 0.15) is 13.1 Å². The van der Waals surface area contributed by atoms with Gasteiger partial charge in [-0.3, -0.25) is 0 Å². The smallest absolute Gasteiger partial charge is 0.338 e. The standard InChI is InChI=1S/C19H26FN3O4/c1-5-14-17(18(24)27-6-2)15(22-19(25)21-14)11-23(3)10-12-7-8-16(26-4)13(20)9-12/h7-9,14H,5-6,10-11H2,1-4H3,(H2,21,22,25)/p+1/t14-/m0/s1. The van der Waals surface area contributed by atoms with Gasteiger partial charge in [0.15, 0.2) is 11.6 Å². The third kappa shape index (κ3) is 5.19. The van der Waals surface area contributed by atoms with E-state index in [4.69, 9.17) is 9.47 Å². The summed E-state index contributed by atoms with van der Waals surface area (Å²) in [4.78, 5) is 25.3. The second-order valence-corrected chi connectivity index (χ2v) is 6.45. The average Bonchev–Trinajstić information content (AvgIpc) is 2.61. The Morgan fingerprint density at radius 2 is 2.04 bits per heavy atom. The van der Waals surface area contributed by atoms with Crippen molar-refractivity contribution < 1.29 is 28.4 Å². The minimum Gasteiger partial charge on any atom is -0.494 e. The topological polar surface area (TPSA) is 81.1 Å². The summed E-state index contributed by atoms with van der Waals surface area (Å²) >= 11 is 0. The molecule has 0 saturated heterocycles. The highest BCUT2D eigenvalue weighted by Gasteiger charge is 2.32. The molecular formula is C19H27FN3O4+. The minimum absolute atomic E-state index is 0.195. The second-order valence-electron chi connectivity index (χ2n) is 6.45. The van der Waals surface area contributed by atoms with Gasteiger partial charge in [-0.05, 0) is 31.5 Å². The SMILES string of the molecule is CCOC(=O)C1=C(C[NH+](C)Cc2ccc(OC)c(F)c2)NC(=O)N[C@H]1CC. The van der Waals surface area contributed by atoms with E-state index in [9.17, 15) is 14.0 Å². The van der Waals surface area contributed by atoms with E-state index in [0.29, 0.717) is 30.8 Å². The van der Waals surface area contributed by atoms with Crippen LogP contribution in [0.5, 0.6) is 5.75 Å². The maximum Gasteiger partial charge on any atom is 0.338 e. The number of urea groups is 1. The van der Waals surface area contributed by atoms with E-state index < -0.39 is 11.8 Å². The van der Waals surface area contributed by atoms with Crippen molar-refractivity contribution in [3.63, 3.8) is 0 Å². The van der Waals surface area contributed by atoms with E-state index in [0.717, 1.165) is 10.5 Å². The molecule has 27 heavy (non-hydrogen) atoms. The Labute approximate surface area is 158 Å². The predicted octanol–water partition coefficient (Wildman–Crippen LogP) is 0.758. The molecule has 0 saturated carbocycles. The van der Waals surface area contributed by atoms with E-state index in [1.165, 1.54) is 13.2 Å². The summed E-state index contributed by atoms with van der Waals surface area (Å²) in [6.45, 7) is 4.80.